The molecule has 25 heavy (non-hydrogen) atoms. The fourth-order valence-electron chi connectivity index (χ4n) is 2.86. The molecule has 1 aliphatic rings. The molecule has 0 radical (unpaired) electrons. The third-order valence-electron chi connectivity index (χ3n) is 4.35. The lowest BCUT2D eigenvalue weighted by atomic mass is 10.1. The lowest BCUT2D eigenvalue weighted by molar-refractivity contribution is 0.409. The van der Waals surface area contributed by atoms with E-state index in [0.29, 0.717) is 19.0 Å². The zero-order chi connectivity index (χ0) is 18.5. The van der Waals surface area contributed by atoms with Crippen molar-refractivity contribution < 1.29 is 13.2 Å². The quantitative estimate of drug-likeness (QED) is 0.542. The first kappa shape index (κ1) is 19.6. The second-order valence-electron chi connectivity index (χ2n) is 6.93. The number of nitrogens with one attached hydrogen (secondary N) is 2. The van der Waals surface area contributed by atoms with E-state index < -0.39 is 9.84 Å². The van der Waals surface area contributed by atoms with Crippen LogP contribution in [0.2, 0.25) is 0 Å². The average molecular weight is 368 g/mol. The minimum atomic E-state index is -2.96. The van der Waals surface area contributed by atoms with Gasteiger partial charge in [0.2, 0.25) is 0 Å². The Morgan fingerprint density at radius 2 is 2.04 bits per heavy atom. The van der Waals surface area contributed by atoms with E-state index in [1.807, 2.05) is 32.0 Å². The summed E-state index contributed by atoms with van der Waals surface area (Å²) < 4.78 is 28.6. The molecule has 6 nitrogen and oxygen atoms in total. The van der Waals surface area contributed by atoms with E-state index in [9.17, 15) is 8.42 Å². The molecule has 0 atom stereocenters. The zero-order valence-electron chi connectivity index (χ0n) is 15.6. The van der Waals surface area contributed by atoms with Gasteiger partial charge in [0.15, 0.2) is 5.96 Å². The maximum Gasteiger partial charge on any atom is 0.191 e. The number of ether oxygens (including phenoxy) is 1. The van der Waals surface area contributed by atoms with Gasteiger partial charge in [-0.25, -0.2) is 13.4 Å². The first-order valence-electron chi connectivity index (χ1n) is 8.60. The number of aliphatic imine (C=N–C) groups is 1. The van der Waals surface area contributed by atoms with Crippen LogP contribution in [-0.4, -0.2) is 46.6 Å². The second kappa shape index (κ2) is 8.08. The monoisotopic (exact) mass is 367 g/mol. The van der Waals surface area contributed by atoms with Crippen LogP contribution in [0.25, 0.3) is 0 Å². The largest absolute Gasteiger partial charge is 0.496 e. The number of hydrogen-bond acceptors (Lipinski definition) is 4. The lowest BCUT2D eigenvalue weighted by Gasteiger charge is -2.18. The minimum Gasteiger partial charge on any atom is -0.496 e. The van der Waals surface area contributed by atoms with Crippen LogP contribution in [0.3, 0.4) is 0 Å². The van der Waals surface area contributed by atoms with Gasteiger partial charge in [-0.1, -0.05) is 12.1 Å². The Bertz CT molecular complexity index is 725. The molecular formula is C18H29N3O3S. The van der Waals surface area contributed by atoms with E-state index in [1.54, 1.807) is 7.11 Å². The van der Waals surface area contributed by atoms with Crippen LogP contribution in [0, 0.1) is 12.3 Å². The number of benzene rings is 1. The van der Waals surface area contributed by atoms with Crippen molar-refractivity contribution in [3.8, 4) is 5.75 Å². The SMILES string of the molecule is CCNC(=NCc1ccc(C)cc1OC)NCC1(CS(C)(=O)=O)CC1. The summed E-state index contributed by atoms with van der Waals surface area (Å²) in [5.41, 5.74) is 2.03. The third kappa shape index (κ3) is 6.23. The molecule has 7 heteroatoms. The van der Waals surface area contributed by atoms with Crippen molar-refractivity contribution in [3.05, 3.63) is 29.3 Å². The summed E-state index contributed by atoms with van der Waals surface area (Å²) in [6, 6.07) is 6.06. The van der Waals surface area contributed by atoms with Gasteiger partial charge >= 0.3 is 0 Å². The number of nitrogens with zero attached hydrogens (tertiary/aromatic N) is 1. The van der Waals surface area contributed by atoms with Gasteiger partial charge in [-0.05, 0) is 38.3 Å². The average Bonchev–Trinajstić information content (AvgIpc) is 3.28. The molecule has 0 amide bonds. The Hall–Kier alpha value is -1.76. The van der Waals surface area contributed by atoms with E-state index in [2.05, 4.69) is 15.6 Å². The van der Waals surface area contributed by atoms with Crippen molar-refractivity contribution in [1.82, 2.24) is 10.6 Å². The molecule has 0 bridgehead atoms. The lowest BCUT2D eigenvalue weighted by Crippen LogP contribution is -2.41. The third-order valence-corrected chi connectivity index (χ3v) is 5.49. The van der Waals surface area contributed by atoms with E-state index >= 15 is 0 Å². The van der Waals surface area contributed by atoms with Crippen molar-refractivity contribution in [3.63, 3.8) is 0 Å². The highest BCUT2D eigenvalue weighted by atomic mass is 32.2. The molecule has 1 fully saturated rings. The number of methoxy groups -OCH3 is 1. The Balaban J connectivity index is 2.02. The van der Waals surface area contributed by atoms with E-state index in [0.717, 1.165) is 36.3 Å². The molecule has 1 aromatic rings. The van der Waals surface area contributed by atoms with Crippen LogP contribution in [0.4, 0.5) is 0 Å². The van der Waals surface area contributed by atoms with Gasteiger partial charge in [-0.2, -0.15) is 0 Å². The van der Waals surface area contributed by atoms with Crippen molar-refractivity contribution in [2.75, 3.05) is 32.2 Å². The molecule has 140 valence electrons. The highest BCUT2D eigenvalue weighted by molar-refractivity contribution is 7.90. The maximum absolute atomic E-state index is 11.6. The summed E-state index contributed by atoms with van der Waals surface area (Å²) in [4.78, 5) is 4.61. The van der Waals surface area contributed by atoms with Crippen LogP contribution in [0.15, 0.2) is 23.2 Å². The van der Waals surface area contributed by atoms with Crippen molar-refractivity contribution in [2.45, 2.75) is 33.2 Å². The highest BCUT2D eigenvalue weighted by Gasteiger charge is 2.45. The second-order valence-corrected chi connectivity index (χ2v) is 9.07. The summed E-state index contributed by atoms with van der Waals surface area (Å²) in [6.07, 6.45) is 3.19. The maximum atomic E-state index is 11.6. The van der Waals surface area contributed by atoms with Crippen LogP contribution < -0.4 is 15.4 Å². The molecule has 1 aromatic carbocycles. The molecule has 0 saturated heterocycles. The summed E-state index contributed by atoms with van der Waals surface area (Å²) in [6.45, 7) is 5.90. The fraction of sp³-hybridized carbons (Fsp3) is 0.611. The van der Waals surface area contributed by atoms with Crippen molar-refractivity contribution in [2.24, 2.45) is 10.4 Å². The van der Waals surface area contributed by atoms with E-state index in [4.69, 9.17) is 4.74 Å². The number of sulfone groups is 1. The van der Waals surface area contributed by atoms with Crippen LogP contribution >= 0.6 is 0 Å². The molecule has 2 N–H and O–H groups in total. The summed E-state index contributed by atoms with van der Waals surface area (Å²) >= 11 is 0. The van der Waals surface area contributed by atoms with Gasteiger partial charge in [0.05, 0.1) is 19.4 Å². The smallest absolute Gasteiger partial charge is 0.191 e. The molecule has 0 spiro atoms. The molecule has 0 aromatic heterocycles. The van der Waals surface area contributed by atoms with E-state index in [1.165, 1.54) is 6.26 Å². The van der Waals surface area contributed by atoms with Crippen LogP contribution in [0.1, 0.15) is 30.9 Å². The Morgan fingerprint density at radius 3 is 2.60 bits per heavy atom. The normalized spacial score (nSPS) is 16.4. The van der Waals surface area contributed by atoms with Crippen LogP contribution in [0.5, 0.6) is 5.75 Å². The minimum absolute atomic E-state index is 0.134. The Labute approximate surface area is 151 Å². The fourth-order valence-corrected chi connectivity index (χ4v) is 4.37. The van der Waals surface area contributed by atoms with Gasteiger partial charge in [-0.3, -0.25) is 0 Å². The summed E-state index contributed by atoms with van der Waals surface area (Å²) in [5, 5.41) is 6.51. The van der Waals surface area contributed by atoms with Crippen LogP contribution in [-0.2, 0) is 16.4 Å². The van der Waals surface area contributed by atoms with Gasteiger partial charge < -0.3 is 15.4 Å². The molecule has 0 aliphatic heterocycles. The number of guanidine groups is 1. The first-order chi connectivity index (χ1) is 11.8. The summed E-state index contributed by atoms with van der Waals surface area (Å²) in [5.74, 6) is 1.76. The van der Waals surface area contributed by atoms with Crippen molar-refractivity contribution in [1.29, 1.82) is 0 Å². The Kier molecular flexibility index (Phi) is 6.32. The highest BCUT2D eigenvalue weighted by Crippen LogP contribution is 2.45. The van der Waals surface area contributed by atoms with Gasteiger partial charge in [0.25, 0.3) is 0 Å². The Morgan fingerprint density at radius 1 is 1.32 bits per heavy atom. The van der Waals surface area contributed by atoms with Crippen molar-refractivity contribution >= 4 is 15.8 Å². The topological polar surface area (TPSA) is 79.8 Å². The van der Waals surface area contributed by atoms with Gasteiger partial charge in [-0.15, -0.1) is 0 Å². The molecule has 2 rings (SSSR count). The number of hydrogen-bond donors (Lipinski definition) is 2. The van der Waals surface area contributed by atoms with E-state index in [-0.39, 0.29) is 11.2 Å². The standard InChI is InChI=1S/C18H29N3O3S/c1-5-19-17(21-12-18(8-9-18)13-25(4,22)23)20-11-15-7-6-14(2)10-16(15)24-3/h6-7,10H,5,8-9,11-13H2,1-4H3,(H2,19,20,21). The summed E-state index contributed by atoms with van der Waals surface area (Å²) in [7, 11) is -1.30. The van der Waals surface area contributed by atoms with Gasteiger partial charge in [0, 0.05) is 30.3 Å². The first-order valence-corrected chi connectivity index (χ1v) is 10.7. The number of aryl methyl sites for hydroxylation is 1. The molecule has 0 unspecified atom stereocenters. The molecule has 0 heterocycles. The molecule has 1 aliphatic carbocycles. The zero-order valence-corrected chi connectivity index (χ0v) is 16.4. The molecule has 1 saturated carbocycles. The molecular weight excluding hydrogens is 338 g/mol. The number of rotatable bonds is 8. The van der Waals surface area contributed by atoms with Gasteiger partial charge in [0.1, 0.15) is 15.6 Å². The predicted octanol–water partition coefficient (Wildman–Crippen LogP) is 1.88. The predicted molar refractivity (Wildman–Crippen MR) is 102 cm³/mol.